The Kier molecular flexibility index (Phi) is 5.79. The Morgan fingerprint density at radius 2 is 2.04 bits per heavy atom. The van der Waals surface area contributed by atoms with Gasteiger partial charge in [-0.25, -0.2) is 14.0 Å². The number of hydrogen-bond acceptors (Lipinski definition) is 4. The third-order valence-corrected chi connectivity index (χ3v) is 4.96. The second-order valence-electron chi connectivity index (χ2n) is 7.63. The van der Waals surface area contributed by atoms with Gasteiger partial charge in [-0.1, -0.05) is 13.8 Å². The second kappa shape index (κ2) is 8.08. The van der Waals surface area contributed by atoms with Gasteiger partial charge in [-0.2, -0.15) is 4.57 Å². The predicted molar refractivity (Wildman–Crippen MR) is 101 cm³/mol. The van der Waals surface area contributed by atoms with Gasteiger partial charge in [0, 0.05) is 12.1 Å². The Morgan fingerprint density at radius 3 is 2.70 bits per heavy atom. The van der Waals surface area contributed by atoms with Crippen molar-refractivity contribution >= 4 is 6.03 Å². The lowest BCUT2D eigenvalue weighted by Crippen LogP contribution is -2.35. The van der Waals surface area contributed by atoms with Crippen molar-refractivity contribution in [2.24, 2.45) is 5.92 Å². The summed E-state index contributed by atoms with van der Waals surface area (Å²) < 4.78 is 20.5. The molecule has 0 bridgehead atoms. The molecule has 1 N–H and O–H groups in total. The third kappa shape index (κ3) is 4.47. The number of hydrogen-bond donors (Lipinski definition) is 1. The number of nitrogens with one attached hydrogen (secondary N) is 1. The molecule has 1 aromatic carbocycles. The summed E-state index contributed by atoms with van der Waals surface area (Å²) in [6, 6.07) is 4.18. The molecule has 2 aromatic rings. The van der Waals surface area contributed by atoms with Crippen LogP contribution in [0, 0.1) is 11.7 Å². The molecule has 146 valence electrons. The highest BCUT2D eigenvalue weighted by atomic mass is 19.1. The van der Waals surface area contributed by atoms with E-state index in [4.69, 9.17) is 4.42 Å². The van der Waals surface area contributed by atoms with E-state index in [1.54, 1.807) is 12.1 Å². The van der Waals surface area contributed by atoms with Gasteiger partial charge >= 0.3 is 11.8 Å². The fraction of sp³-hybridized carbons (Fsp3) is 0.500. The van der Waals surface area contributed by atoms with E-state index in [0.29, 0.717) is 17.7 Å². The van der Waals surface area contributed by atoms with Crippen molar-refractivity contribution in [2.45, 2.75) is 32.6 Å². The lowest BCUT2D eigenvalue weighted by molar-refractivity contribution is 0.239. The van der Waals surface area contributed by atoms with E-state index in [1.807, 2.05) is 13.8 Å². The van der Waals surface area contributed by atoms with Crippen molar-refractivity contribution in [1.29, 1.82) is 0 Å². The molecular weight excluding hydrogens is 349 g/mol. The number of carbonyl (C=O) groups is 1. The Morgan fingerprint density at radius 1 is 1.33 bits per heavy atom. The predicted octanol–water partition coefficient (Wildman–Crippen LogP) is 3.27. The van der Waals surface area contributed by atoms with Crippen LogP contribution in [0.3, 0.4) is 0 Å². The number of rotatable bonds is 4. The van der Waals surface area contributed by atoms with Gasteiger partial charge in [-0.05, 0) is 68.6 Å². The SMILES string of the molecule is CC(C)CNC(=O)n1cc(-c2ccc(F)c(C3CCN(C)CC3)c2)oc1=O. The molecule has 0 aliphatic carbocycles. The molecule has 0 atom stereocenters. The lowest BCUT2D eigenvalue weighted by atomic mass is 9.88. The van der Waals surface area contributed by atoms with Crippen molar-refractivity contribution in [3.63, 3.8) is 0 Å². The number of aromatic nitrogens is 1. The van der Waals surface area contributed by atoms with Gasteiger partial charge < -0.3 is 14.6 Å². The summed E-state index contributed by atoms with van der Waals surface area (Å²) in [7, 11) is 2.06. The molecule has 27 heavy (non-hydrogen) atoms. The Bertz CT molecular complexity index is 864. The minimum Gasteiger partial charge on any atom is -0.407 e. The smallest absolute Gasteiger partial charge is 0.407 e. The topological polar surface area (TPSA) is 67.5 Å². The number of halogens is 1. The monoisotopic (exact) mass is 375 g/mol. The minimum atomic E-state index is -0.753. The molecule has 1 fully saturated rings. The molecule has 0 saturated carbocycles. The van der Waals surface area contributed by atoms with Gasteiger partial charge in [0.1, 0.15) is 5.82 Å². The van der Waals surface area contributed by atoms with Crippen LogP contribution in [0.5, 0.6) is 0 Å². The summed E-state index contributed by atoms with van der Waals surface area (Å²) in [6.45, 7) is 6.24. The van der Waals surface area contributed by atoms with Crippen LogP contribution in [-0.2, 0) is 0 Å². The summed E-state index contributed by atoms with van der Waals surface area (Å²) in [5, 5.41) is 2.68. The molecule has 0 spiro atoms. The van der Waals surface area contributed by atoms with Crippen LogP contribution in [0.4, 0.5) is 9.18 Å². The van der Waals surface area contributed by atoms with Crippen molar-refractivity contribution in [2.75, 3.05) is 26.7 Å². The largest absolute Gasteiger partial charge is 0.427 e. The molecule has 1 saturated heterocycles. The number of oxazole rings is 1. The maximum atomic E-state index is 14.4. The molecule has 1 amide bonds. The van der Waals surface area contributed by atoms with E-state index in [2.05, 4.69) is 17.3 Å². The molecule has 0 radical (unpaired) electrons. The van der Waals surface area contributed by atoms with Gasteiger partial charge in [0.2, 0.25) is 0 Å². The highest BCUT2D eigenvalue weighted by molar-refractivity contribution is 5.77. The Labute approximate surface area is 158 Å². The van der Waals surface area contributed by atoms with E-state index < -0.39 is 11.8 Å². The highest BCUT2D eigenvalue weighted by Gasteiger charge is 2.22. The lowest BCUT2D eigenvalue weighted by Gasteiger charge is -2.29. The molecule has 7 heteroatoms. The van der Waals surface area contributed by atoms with Gasteiger partial charge in [0.15, 0.2) is 5.76 Å². The van der Waals surface area contributed by atoms with Crippen LogP contribution in [0.2, 0.25) is 0 Å². The van der Waals surface area contributed by atoms with Gasteiger partial charge in [-0.3, -0.25) is 0 Å². The number of nitrogens with zero attached hydrogens (tertiary/aromatic N) is 2. The number of amides is 1. The number of carbonyl (C=O) groups excluding carboxylic acids is 1. The van der Waals surface area contributed by atoms with Crippen LogP contribution in [-0.4, -0.2) is 42.2 Å². The summed E-state index contributed by atoms with van der Waals surface area (Å²) in [6.07, 6.45) is 3.14. The fourth-order valence-corrected chi connectivity index (χ4v) is 3.32. The number of likely N-dealkylation sites (tertiary alicyclic amines) is 1. The quantitative estimate of drug-likeness (QED) is 0.891. The van der Waals surface area contributed by atoms with Crippen LogP contribution in [0.25, 0.3) is 11.3 Å². The molecule has 6 nitrogen and oxygen atoms in total. The van der Waals surface area contributed by atoms with E-state index in [-0.39, 0.29) is 23.4 Å². The van der Waals surface area contributed by atoms with E-state index in [1.165, 1.54) is 12.3 Å². The van der Waals surface area contributed by atoms with Gasteiger partial charge in [0.05, 0.1) is 6.20 Å². The van der Waals surface area contributed by atoms with Crippen LogP contribution in [0.15, 0.2) is 33.6 Å². The zero-order chi connectivity index (χ0) is 19.6. The first-order chi connectivity index (χ1) is 12.8. The molecule has 1 aliphatic rings. The molecule has 2 heterocycles. The standard InChI is InChI=1S/C20H26FN3O3/c1-13(2)11-22-19(25)24-12-18(27-20(24)26)15-4-5-17(21)16(10-15)14-6-8-23(3)9-7-14/h4-5,10,12-14H,6-9,11H2,1-3H3,(H,22,25). The van der Waals surface area contributed by atoms with Crippen molar-refractivity contribution in [1.82, 2.24) is 14.8 Å². The van der Waals surface area contributed by atoms with Crippen molar-refractivity contribution in [3.05, 3.63) is 46.3 Å². The zero-order valence-electron chi connectivity index (χ0n) is 16.0. The summed E-state index contributed by atoms with van der Waals surface area (Å²) in [4.78, 5) is 26.4. The van der Waals surface area contributed by atoms with Gasteiger partial charge in [-0.15, -0.1) is 0 Å². The average molecular weight is 375 g/mol. The summed E-state index contributed by atoms with van der Waals surface area (Å²) in [5.74, 6) is -0.329. The van der Waals surface area contributed by atoms with E-state index >= 15 is 0 Å². The van der Waals surface area contributed by atoms with E-state index in [9.17, 15) is 14.0 Å². The molecule has 0 unspecified atom stereocenters. The molecular formula is C20H26FN3O3. The molecule has 1 aliphatic heterocycles. The number of piperidine rings is 1. The summed E-state index contributed by atoms with van der Waals surface area (Å²) in [5.41, 5.74) is 1.23. The maximum absolute atomic E-state index is 14.4. The number of benzene rings is 1. The van der Waals surface area contributed by atoms with Crippen LogP contribution in [0.1, 0.15) is 38.2 Å². The Hall–Kier alpha value is -2.41. The second-order valence-corrected chi connectivity index (χ2v) is 7.63. The third-order valence-electron chi connectivity index (χ3n) is 4.96. The van der Waals surface area contributed by atoms with Gasteiger partial charge in [0.25, 0.3) is 0 Å². The first-order valence-electron chi connectivity index (χ1n) is 9.34. The summed E-state index contributed by atoms with van der Waals surface area (Å²) >= 11 is 0. The fourth-order valence-electron chi connectivity index (χ4n) is 3.32. The first-order valence-corrected chi connectivity index (χ1v) is 9.34. The van der Waals surface area contributed by atoms with Crippen molar-refractivity contribution in [3.8, 4) is 11.3 Å². The molecule has 1 aromatic heterocycles. The molecule has 3 rings (SSSR count). The minimum absolute atomic E-state index is 0.143. The zero-order valence-corrected chi connectivity index (χ0v) is 16.0. The normalized spacial score (nSPS) is 16.0. The van der Waals surface area contributed by atoms with Crippen LogP contribution < -0.4 is 11.1 Å². The first kappa shape index (κ1) is 19.4. The van der Waals surface area contributed by atoms with Crippen LogP contribution >= 0.6 is 0 Å². The highest BCUT2D eigenvalue weighted by Crippen LogP contribution is 2.32. The Balaban J connectivity index is 1.85. The maximum Gasteiger partial charge on any atom is 0.427 e. The average Bonchev–Trinajstić information content (AvgIpc) is 3.03. The van der Waals surface area contributed by atoms with Crippen molar-refractivity contribution < 1.29 is 13.6 Å². The van der Waals surface area contributed by atoms with E-state index in [0.717, 1.165) is 30.5 Å².